The number of piperidine rings is 1. The van der Waals surface area contributed by atoms with Crippen LogP contribution < -0.4 is 0 Å². The Morgan fingerprint density at radius 3 is 2.95 bits per heavy atom. The number of nitrogens with zero attached hydrogens (tertiary/aromatic N) is 4. The molecule has 0 radical (unpaired) electrons. The first-order chi connectivity index (χ1) is 10.6. The number of carbonyl (C=O) groups is 2. The lowest BCUT2D eigenvalue weighted by atomic mass is 9.98. The predicted octanol–water partition coefficient (Wildman–Crippen LogP) is 1.54. The molecular formula is C14H14N4O3S. The number of thiazole rings is 1. The van der Waals surface area contributed by atoms with Crippen molar-refractivity contribution in [3.8, 4) is 10.7 Å². The fourth-order valence-corrected chi connectivity index (χ4v) is 3.18. The monoisotopic (exact) mass is 318 g/mol. The minimum Gasteiger partial charge on any atom is -0.481 e. The molecule has 0 aliphatic carbocycles. The molecule has 0 aromatic carbocycles. The molecule has 22 heavy (non-hydrogen) atoms. The number of aromatic nitrogens is 3. The molecule has 1 fully saturated rings. The van der Waals surface area contributed by atoms with Gasteiger partial charge in [0, 0.05) is 30.9 Å². The summed E-state index contributed by atoms with van der Waals surface area (Å²) in [6.07, 6.45) is 6.04. The van der Waals surface area contributed by atoms with E-state index in [2.05, 4.69) is 15.0 Å². The number of rotatable bonds is 3. The Balaban J connectivity index is 1.76. The summed E-state index contributed by atoms with van der Waals surface area (Å²) in [5.41, 5.74) is 0.949. The van der Waals surface area contributed by atoms with Crippen LogP contribution in [-0.4, -0.2) is 49.9 Å². The van der Waals surface area contributed by atoms with Crippen molar-refractivity contribution in [2.45, 2.75) is 12.8 Å². The molecule has 1 atom stereocenters. The number of amides is 1. The second kappa shape index (κ2) is 6.18. The van der Waals surface area contributed by atoms with Crippen molar-refractivity contribution in [2.24, 2.45) is 5.92 Å². The van der Waals surface area contributed by atoms with Crippen molar-refractivity contribution in [1.29, 1.82) is 0 Å². The van der Waals surface area contributed by atoms with E-state index in [9.17, 15) is 9.59 Å². The molecule has 1 aliphatic heterocycles. The van der Waals surface area contributed by atoms with E-state index >= 15 is 0 Å². The lowest BCUT2D eigenvalue weighted by Crippen LogP contribution is -2.42. The average Bonchev–Trinajstić information content (AvgIpc) is 3.05. The van der Waals surface area contributed by atoms with Crippen molar-refractivity contribution in [1.82, 2.24) is 19.9 Å². The molecule has 3 heterocycles. The molecule has 0 saturated carbocycles. The molecule has 8 heteroatoms. The third kappa shape index (κ3) is 2.96. The molecule has 0 bridgehead atoms. The molecule has 7 nitrogen and oxygen atoms in total. The van der Waals surface area contributed by atoms with Crippen LogP contribution in [0.2, 0.25) is 0 Å². The van der Waals surface area contributed by atoms with Gasteiger partial charge in [-0.05, 0) is 12.8 Å². The molecule has 2 aromatic heterocycles. The Kier molecular flexibility index (Phi) is 4.10. The molecule has 1 saturated heterocycles. The van der Waals surface area contributed by atoms with Gasteiger partial charge in [0.25, 0.3) is 5.91 Å². The number of aliphatic carboxylic acids is 1. The molecule has 3 rings (SSSR count). The van der Waals surface area contributed by atoms with Crippen LogP contribution in [0.25, 0.3) is 10.7 Å². The number of carboxylic acids is 1. The van der Waals surface area contributed by atoms with E-state index in [4.69, 9.17) is 5.11 Å². The van der Waals surface area contributed by atoms with Gasteiger partial charge in [0.1, 0.15) is 16.4 Å². The number of carbonyl (C=O) groups excluding carboxylic acids is 1. The van der Waals surface area contributed by atoms with Gasteiger partial charge in [-0.1, -0.05) is 0 Å². The minimum absolute atomic E-state index is 0.225. The second-order valence-corrected chi connectivity index (χ2v) is 5.92. The lowest BCUT2D eigenvalue weighted by Gasteiger charge is -2.30. The van der Waals surface area contributed by atoms with Crippen LogP contribution in [0.4, 0.5) is 0 Å². The van der Waals surface area contributed by atoms with Crippen LogP contribution >= 0.6 is 11.3 Å². The smallest absolute Gasteiger partial charge is 0.308 e. The summed E-state index contributed by atoms with van der Waals surface area (Å²) in [5.74, 6) is -1.57. The number of carboxylic acid groups (broad SMARTS) is 1. The molecule has 2 aromatic rings. The van der Waals surface area contributed by atoms with Gasteiger partial charge in [0.05, 0.1) is 12.1 Å². The lowest BCUT2D eigenvalue weighted by molar-refractivity contribution is -0.143. The zero-order chi connectivity index (χ0) is 15.5. The van der Waals surface area contributed by atoms with E-state index in [1.165, 1.54) is 11.3 Å². The molecule has 1 aliphatic rings. The van der Waals surface area contributed by atoms with Crippen molar-refractivity contribution in [3.63, 3.8) is 0 Å². The van der Waals surface area contributed by atoms with Crippen LogP contribution in [0, 0.1) is 5.92 Å². The van der Waals surface area contributed by atoms with Gasteiger partial charge in [-0.15, -0.1) is 11.3 Å². The Bertz CT molecular complexity index is 688. The highest BCUT2D eigenvalue weighted by Crippen LogP contribution is 2.23. The maximum Gasteiger partial charge on any atom is 0.308 e. The van der Waals surface area contributed by atoms with E-state index in [0.29, 0.717) is 35.8 Å². The third-order valence-corrected chi connectivity index (χ3v) is 4.43. The fourth-order valence-electron chi connectivity index (χ4n) is 2.42. The first-order valence-corrected chi connectivity index (χ1v) is 7.77. The van der Waals surface area contributed by atoms with Crippen LogP contribution in [-0.2, 0) is 4.79 Å². The summed E-state index contributed by atoms with van der Waals surface area (Å²) in [7, 11) is 0. The van der Waals surface area contributed by atoms with Crippen molar-refractivity contribution >= 4 is 23.2 Å². The number of likely N-dealkylation sites (tertiary alicyclic amines) is 1. The minimum atomic E-state index is -0.851. The van der Waals surface area contributed by atoms with Gasteiger partial charge in [0.2, 0.25) is 0 Å². The van der Waals surface area contributed by atoms with Gasteiger partial charge in [-0.2, -0.15) is 0 Å². The van der Waals surface area contributed by atoms with Crippen molar-refractivity contribution in [3.05, 3.63) is 29.7 Å². The van der Waals surface area contributed by atoms with Gasteiger partial charge < -0.3 is 10.0 Å². The van der Waals surface area contributed by atoms with Crippen LogP contribution in [0.15, 0.2) is 24.0 Å². The summed E-state index contributed by atoms with van der Waals surface area (Å²) in [6.45, 7) is 0.812. The van der Waals surface area contributed by atoms with Crippen LogP contribution in [0.5, 0.6) is 0 Å². The highest BCUT2D eigenvalue weighted by molar-refractivity contribution is 7.13. The van der Waals surface area contributed by atoms with Gasteiger partial charge in [-0.25, -0.2) is 4.98 Å². The molecule has 1 unspecified atom stereocenters. The zero-order valence-electron chi connectivity index (χ0n) is 11.7. The Hall–Kier alpha value is -2.35. The normalized spacial score (nSPS) is 18.2. The maximum atomic E-state index is 12.5. The van der Waals surface area contributed by atoms with Gasteiger partial charge in [-0.3, -0.25) is 19.6 Å². The zero-order valence-corrected chi connectivity index (χ0v) is 12.5. The third-order valence-electron chi connectivity index (χ3n) is 3.56. The molecule has 0 spiro atoms. The highest BCUT2D eigenvalue weighted by Gasteiger charge is 2.29. The standard InChI is InChI=1S/C14H14N4O3S/c19-13(18-5-1-2-9(7-18)14(20)21)11-8-22-12(17-11)10-6-15-3-4-16-10/h3-4,6,8-9H,1-2,5,7H2,(H,20,21). The number of hydrogen-bond donors (Lipinski definition) is 1. The largest absolute Gasteiger partial charge is 0.481 e. The summed E-state index contributed by atoms with van der Waals surface area (Å²) < 4.78 is 0. The molecule has 1 amide bonds. The quantitative estimate of drug-likeness (QED) is 0.922. The summed E-state index contributed by atoms with van der Waals surface area (Å²) in [4.78, 5) is 37.5. The van der Waals surface area contributed by atoms with Crippen LogP contribution in [0.1, 0.15) is 23.3 Å². The summed E-state index contributed by atoms with van der Waals surface area (Å²) in [6, 6.07) is 0. The summed E-state index contributed by atoms with van der Waals surface area (Å²) >= 11 is 1.32. The van der Waals surface area contributed by atoms with E-state index in [-0.39, 0.29) is 12.5 Å². The van der Waals surface area contributed by atoms with E-state index in [1.54, 1.807) is 28.9 Å². The molecule has 1 N–H and O–H groups in total. The van der Waals surface area contributed by atoms with Crippen LogP contribution in [0.3, 0.4) is 0 Å². The topological polar surface area (TPSA) is 96.3 Å². The SMILES string of the molecule is O=C(O)C1CCCN(C(=O)c2csc(-c3cnccn3)n2)C1. The number of hydrogen-bond acceptors (Lipinski definition) is 6. The maximum absolute atomic E-state index is 12.5. The van der Waals surface area contributed by atoms with Gasteiger partial charge >= 0.3 is 5.97 Å². The van der Waals surface area contributed by atoms with Crippen molar-refractivity contribution in [2.75, 3.05) is 13.1 Å². The predicted molar refractivity (Wildman–Crippen MR) is 79.4 cm³/mol. The highest BCUT2D eigenvalue weighted by atomic mass is 32.1. The summed E-state index contributed by atoms with van der Waals surface area (Å²) in [5, 5.41) is 11.4. The molecule has 114 valence electrons. The molecular weight excluding hydrogens is 304 g/mol. The first kappa shape index (κ1) is 14.6. The second-order valence-electron chi connectivity index (χ2n) is 5.06. The Morgan fingerprint density at radius 1 is 1.36 bits per heavy atom. The van der Waals surface area contributed by atoms with Crippen molar-refractivity contribution < 1.29 is 14.7 Å². The Labute approximate surface area is 130 Å². The van der Waals surface area contributed by atoms with E-state index < -0.39 is 11.9 Å². The fraction of sp³-hybridized carbons (Fsp3) is 0.357. The van der Waals surface area contributed by atoms with E-state index in [0.717, 1.165) is 0 Å². The first-order valence-electron chi connectivity index (χ1n) is 6.89. The van der Waals surface area contributed by atoms with Gasteiger partial charge in [0.15, 0.2) is 0 Å². The van der Waals surface area contributed by atoms with E-state index in [1.807, 2.05) is 0 Å². The average molecular weight is 318 g/mol. The Morgan fingerprint density at radius 2 is 2.23 bits per heavy atom.